The van der Waals surface area contributed by atoms with Gasteiger partial charge in [-0.1, -0.05) is 30.3 Å². The summed E-state index contributed by atoms with van der Waals surface area (Å²) in [5.41, 5.74) is 1.90. The lowest BCUT2D eigenvalue weighted by Crippen LogP contribution is -2.26. The zero-order valence-corrected chi connectivity index (χ0v) is 14.4. The van der Waals surface area contributed by atoms with E-state index in [1.807, 2.05) is 18.2 Å². The molecule has 1 heterocycles. The van der Waals surface area contributed by atoms with Crippen molar-refractivity contribution >= 4 is 28.5 Å². The molecular formula is C17H21N3O3S. The highest BCUT2D eigenvalue weighted by atomic mass is 32.1. The number of rotatable bonds is 8. The summed E-state index contributed by atoms with van der Waals surface area (Å²) in [6, 6.07) is 10.2. The molecule has 2 N–H and O–H groups in total. The Bertz CT molecular complexity index is 658. The van der Waals surface area contributed by atoms with E-state index in [9.17, 15) is 9.59 Å². The molecule has 0 radical (unpaired) electrons. The van der Waals surface area contributed by atoms with Gasteiger partial charge in [-0.05, 0) is 25.3 Å². The van der Waals surface area contributed by atoms with Crippen molar-refractivity contribution in [1.82, 2.24) is 10.3 Å². The van der Waals surface area contributed by atoms with Gasteiger partial charge in [0.05, 0.1) is 18.7 Å². The largest absolute Gasteiger partial charge is 0.450 e. The molecule has 0 aliphatic rings. The molecule has 1 aromatic carbocycles. The van der Waals surface area contributed by atoms with Crippen molar-refractivity contribution in [3.63, 3.8) is 0 Å². The zero-order valence-electron chi connectivity index (χ0n) is 13.6. The van der Waals surface area contributed by atoms with Gasteiger partial charge in [0, 0.05) is 11.9 Å². The van der Waals surface area contributed by atoms with Crippen LogP contribution in [0.25, 0.3) is 0 Å². The first-order chi connectivity index (χ1) is 11.7. The molecule has 0 atom stereocenters. The molecule has 24 heavy (non-hydrogen) atoms. The third-order valence-corrected chi connectivity index (χ3v) is 3.99. The topological polar surface area (TPSA) is 80.3 Å². The van der Waals surface area contributed by atoms with Gasteiger partial charge in [0.1, 0.15) is 0 Å². The van der Waals surface area contributed by atoms with E-state index < -0.39 is 6.09 Å². The maximum atomic E-state index is 11.9. The summed E-state index contributed by atoms with van der Waals surface area (Å²) < 4.78 is 4.78. The molecule has 6 nitrogen and oxygen atoms in total. The first-order valence-corrected chi connectivity index (χ1v) is 8.74. The molecule has 2 rings (SSSR count). The number of nitrogens with one attached hydrogen (secondary N) is 2. The monoisotopic (exact) mass is 347 g/mol. The first-order valence-electron chi connectivity index (χ1n) is 7.86. The lowest BCUT2D eigenvalue weighted by Gasteiger charge is -2.04. The second-order valence-corrected chi connectivity index (χ2v) is 5.96. The van der Waals surface area contributed by atoms with Crippen molar-refractivity contribution in [2.45, 2.75) is 26.2 Å². The van der Waals surface area contributed by atoms with Gasteiger partial charge in [0.2, 0.25) is 5.91 Å². The fourth-order valence-corrected chi connectivity index (χ4v) is 2.79. The lowest BCUT2D eigenvalue weighted by molar-refractivity contribution is -0.120. The highest BCUT2D eigenvalue weighted by Gasteiger charge is 2.09. The molecule has 0 unspecified atom stereocenters. The third-order valence-electron chi connectivity index (χ3n) is 3.19. The van der Waals surface area contributed by atoms with Crippen LogP contribution in [0, 0.1) is 0 Å². The Balaban J connectivity index is 1.67. The van der Waals surface area contributed by atoms with E-state index in [1.54, 1.807) is 12.3 Å². The molecule has 0 aliphatic heterocycles. The molecule has 0 bridgehead atoms. The van der Waals surface area contributed by atoms with Crippen LogP contribution in [0.15, 0.2) is 35.7 Å². The fourth-order valence-electron chi connectivity index (χ4n) is 2.09. The Morgan fingerprint density at radius 3 is 2.79 bits per heavy atom. The molecule has 0 spiro atoms. The van der Waals surface area contributed by atoms with Crippen molar-refractivity contribution in [3.05, 3.63) is 47.0 Å². The van der Waals surface area contributed by atoms with Crippen LogP contribution in [-0.2, 0) is 22.4 Å². The van der Waals surface area contributed by atoms with Gasteiger partial charge in [-0.2, -0.15) is 0 Å². The molecule has 0 saturated carbocycles. The van der Waals surface area contributed by atoms with Crippen LogP contribution in [0.5, 0.6) is 0 Å². The number of amides is 2. The molecule has 0 fully saturated rings. The van der Waals surface area contributed by atoms with E-state index in [-0.39, 0.29) is 12.3 Å². The summed E-state index contributed by atoms with van der Waals surface area (Å²) >= 11 is 1.27. The number of ether oxygens (including phenoxy) is 1. The van der Waals surface area contributed by atoms with Crippen LogP contribution in [0.4, 0.5) is 9.93 Å². The SMILES string of the molecule is CCOC(=O)Nc1nc(CC(=O)NCCCc2ccccc2)cs1. The van der Waals surface area contributed by atoms with E-state index in [2.05, 4.69) is 27.8 Å². The van der Waals surface area contributed by atoms with Gasteiger partial charge in [-0.25, -0.2) is 9.78 Å². The summed E-state index contributed by atoms with van der Waals surface area (Å²) in [5, 5.41) is 7.59. The van der Waals surface area contributed by atoms with Crippen molar-refractivity contribution in [2.24, 2.45) is 0 Å². The molecule has 7 heteroatoms. The third kappa shape index (κ3) is 6.37. The second kappa shape index (κ2) is 9.67. The van der Waals surface area contributed by atoms with Crippen LogP contribution in [-0.4, -0.2) is 30.1 Å². The number of anilines is 1. The van der Waals surface area contributed by atoms with Gasteiger partial charge in [-0.3, -0.25) is 10.1 Å². The number of hydrogen-bond donors (Lipinski definition) is 2. The second-order valence-electron chi connectivity index (χ2n) is 5.11. The predicted molar refractivity (Wildman–Crippen MR) is 94.2 cm³/mol. The molecule has 2 amide bonds. The maximum absolute atomic E-state index is 11.9. The van der Waals surface area contributed by atoms with Crippen LogP contribution in [0.3, 0.4) is 0 Å². The van der Waals surface area contributed by atoms with Crippen LogP contribution in [0.1, 0.15) is 24.6 Å². The van der Waals surface area contributed by atoms with Crippen LogP contribution in [0.2, 0.25) is 0 Å². The first kappa shape index (κ1) is 17.9. The van der Waals surface area contributed by atoms with Gasteiger partial charge in [0.25, 0.3) is 0 Å². The Morgan fingerprint density at radius 1 is 1.25 bits per heavy atom. The number of thiazole rings is 1. The van der Waals surface area contributed by atoms with E-state index in [1.165, 1.54) is 16.9 Å². The van der Waals surface area contributed by atoms with Gasteiger partial charge < -0.3 is 10.1 Å². The van der Waals surface area contributed by atoms with Crippen molar-refractivity contribution in [3.8, 4) is 0 Å². The molecule has 0 aliphatic carbocycles. The number of aryl methyl sites for hydroxylation is 1. The van der Waals surface area contributed by atoms with Gasteiger partial charge in [0.15, 0.2) is 5.13 Å². The van der Waals surface area contributed by atoms with Crippen molar-refractivity contribution in [2.75, 3.05) is 18.5 Å². The minimum Gasteiger partial charge on any atom is -0.450 e. The smallest absolute Gasteiger partial charge is 0.413 e. The Labute approximate surface area is 145 Å². The summed E-state index contributed by atoms with van der Waals surface area (Å²) in [4.78, 5) is 27.4. The Hall–Kier alpha value is -2.41. The molecular weight excluding hydrogens is 326 g/mol. The highest BCUT2D eigenvalue weighted by Crippen LogP contribution is 2.16. The van der Waals surface area contributed by atoms with Crippen LogP contribution >= 0.6 is 11.3 Å². The summed E-state index contributed by atoms with van der Waals surface area (Å²) in [6.07, 6.45) is 1.49. The van der Waals surface area contributed by atoms with Crippen LogP contribution < -0.4 is 10.6 Å². The fraction of sp³-hybridized carbons (Fsp3) is 0.353. The molecule has 128 valence electrons. The molecule has 0 saturated heterocycles. The average Bonchev–Trinajstić information content (AvgIpc) is 2.99. The number of aromatic nitrogens is 1. The number of carbonyl (C=O) groups is 2. The predicted octanol–water partition coefficient (Wildman–Crippen LogP) is 3.00. The average molecular weight is 347 g/mol. The van der Waals surface area contributed by atoms with Crippen molar-refractivity contribution in [1.29, 1.82) is 0 Å². The van der Waals surface area contributed by atoms with E-state index in [0.717, 1.165) is 12.8 Å². The zero-order chi connectivity index (χ0) is 17.2. The Morgan fingerprint density at radius 2 is 2.04 bits per heavy atom. The number of carbonyl (C=O) groups excluding carboxylic acids is 2. The van der Waals surface area contributed by atoms with E-state index >= 15 is 0 Å². The van der Waals surface area contributed by atoms with Crippen molar-refractivity contribution < 1.29 is 14.3 Å². The number of hydrogen-bond acceptors (Lipinski definition) is 5. The summed E-state index contributed by atoms with van der Waals surface area (Å²) in [7, 11) is 0. The number of nitrogens with zero attached hydrogens (tertiary/aromatic N) is 1. The highest BCUT2D eigenvalue weighted by molar-refractivity contribution is 7.13. The lowest BCUT2D eigenvalue weighted by atomic mass is 10.1. The van der Waals surface area contributed by atoms with Gasteiger partial charge in [-0.15, -0.1) is 11.3 Å². The van der Waals surface area contributed by atoms with Gasteiger partial charge >= 0.3 is 6.09 Å². The minimum atomic E-state index is -0.538. The van der Waals surface area contributed by atoms with E-state index in [0.29, 0.717) is 24.0 Å². The quantitative estimate of drug-likeness (QED) is 0.719. The van der Waals surface area contributed by atoms with E-state index in [4.69, 9.17) is 4.74 Å². The normalized spacial score (nSPS) is 10.2. The molecule has 1 aromatic heterocycles. The summed E-state index contributed by atoms with van der Waals surface area (Å²) in [5.74, 6) is -0.0731. The maximum Gasteiger partial charge on any atom is 0.413 e. The standard InChI is InChI=1S/C17H21N3O3S/c1-2-23-17(22)20-16-19-14(12-24-16)11-15(21)18-10-6-9-13-7-4-3-5-8-13/h3-5,7-8,12H,2,6,9-11H2,1H3,(H,18,21)(H,19,20,22). The minimum absolute atomic E-state index is 0.0731. The Kier molecular flexibility index (Phi) is 7.22. The number of benzene rings is 1. The molecule has 2 aromatic rings. The summed E-state index contributed by atoms with van der Waals surface area (Å²) in [6.45, 7) is 2.66.